The second kappa shape index (κ2) is 7.47. The number of carbonyl (C=O) groups excluding carboxylic acids is 1. The van der Waals surface area contributed by atoms with E-state index in [1.54, 1.807) is 23.1 Å². The Morgan fingerprint density at radius 3 is 2.91 bits per heavy atom. The van der Waals surface area contributed by atoms with E-state index in [2.05, 4.69) is 53.3 Å². The summed E-state index contributed by atoms with van der Waals surface area (Å²) in [6, 6.07) is 8.23. The van der Waals surface area contributed by atoms with Crippen LogP contribution in [0, 0.1) is 6.92 Å². The van der Waals surface area contributed by atoms with Crippen LogP contribution in [0.3, 0.4) is 0 Å². The minimum atomic E-state index is 0.00835. The molecule has 2 heterocycles. The Hall–Kier alpha value is -1.37. The predicted molar refractivity (Wildman–Crippen MR) is 97.3 cm³/mol. The third-order valence-electron chi connectivity index (χ3n) is 3.89. The van der Waals surface area contributed by atoms with Crippen molar-refractivity contribution >= 4 is 34.1 Å². The number of hydrogen-bond donors (Lipinski definition) is 1. The van der Waals surface area contributed by atoms with Gasteiger partial charge in [-0.15, -0.1) is 23.1 Å². The lowest BCUT2D eigenvalue weighted by Crippen LogP contribution is -2.29. The molecule has 4 nitrogen and oxygen atoms in total. The second-order valence-electron chi connectivity index (χ2n) is 5.66. The number of carbonyl (C=O) groups is 1. The molecule has 0 saturated heterocycles. The molecule has 0 spiro atoms. The lowest BCUT2D eigenvalue weighted by atomic mass is 10.2. The number of nitrogens with one attached hydrogen (secondary N) is 1. The van der Waals surface area contributed by atoms with Crippen LogP contribution >= 0.6 is 23.1 Å². The van der Waals surface area contributed by atoms with Crippen LogP contribution in [-0.2, 0) is 17.8 Å². The molecule has 0 unspecified atom stereocenters. The van der Waals surface area contributed by atoms with Crippen molar-refractivity contribution in [3.63, 3.8) is 0 Å². The number of fused-ring (bicyclic) bond motifs is 1. The summed E-state index contributed by atoms with van der Waals surface area (Å²) in [4.78, 5) is 21.5. The SMILES string of the molecule is CCN1CCc2nc(NC(=O)CSc3ccc(C)cc3)sc2C1. The van der Waals surface area contributed by atoms with Gasteiger partial charge in [0, 0.05) is 29.3 Å². The summed E-state index contributed by atoms with van der Waals surface area (Å²) in [6.45, 7) is 7.32. The summed E-state index contributed by atoms with van der Waals surface area (Å²) in [5.74, 6) is 0.419. The number of likely N-dealkylation sites (N-methyl/N-ethyl adjacent to an activating group) is 1. The van der Waals surface area contributed by atoms with Gasteiger partial charge in [0.15, 0.2) is 5.13 Å². The molecule has 1 aliphatic heterocycles. The molecule has 0 bridgehead atoms. The first-order valence-corrected chi connectivity index (χ1v) is 9.64. The Balaban J connectivity index is 1.54. The van der Waals surface area contributed by atoms with Crippen LogP contribution in [0.4, 0.5) is 5.13 Å². The third-order valence-corrected chi connectivity index (χ3v) is 5.90. The summed E-state index contributed by atoms with van der Waals surface area (Å²) in [5.41, 5.74) is 2.38. The molecule has 1 aliphatic rings. The van der Waals surface area contributed by atoms with Crippen LogP contribution in [0.5, 0.6) is 0 Å². The first-order valence-electron chi connectivity index (χ1n) is 7.84. The first kappa shape index (κ1) is 16.5. The number of anilines is 1. The average molecular weight is 348 g/mol. The van der Waals surface area contributed by atoms with Gasteiger partial charge in [-0.1, -0.05) is 24.6 Å². The molecule has 0 aliphatic carbocycles. The first-order chi connectivity index (χ1) is 11.1. The Kier molecular flexibility index (Phi) is 5.35. The molecular weight excluding hydrogens is 326 g/mol. The van der Waals surface area contributed by atoms with Crippen molar-refractivity contribution in [2.45, 2.75) is 31.7 Å². The highest BCUT2D eigenvalue weighted by molar-refractivity contribution is 8.00. The third kappa shape index (κ3) is 4.34. The van der Waals surface area contributed by atoms with E-state index in [0.717, 1.165) is 41.8 Å². The van der Waals surface area contributed by atoms with Crippen molar-refractivity contribution in [3.05, 3.63) is 40.4 Å². The Morgan fingerprint density at radius 1 is 1.39 bits per heavy atom. The highest BCUT2D eigenvalue weighted by atomic mass is 32.2. The van der Waals surface area contributed by atoms with E-state index >= 15 is 0 Å². The van der Waals surface area contributed by atoms with Crippen LogP contribution in [0.1, 0.15) is 23.1 Å². The number of benzene rings is 1. The molecule has 0 saturated carbocycles. The molecule has 0 radical (unpaired) electrons. The number of aryl methyl sites for hydroxylation is 1. The van der Waals surface area contributed by atoms with Gasteiger partial charge in [-0.3, -0.25) is 9.69 Å². The van der Waals surface area contributed by atoms with Crippen molar-refractivity contribution in [1.82, 2.24) is 9.88 Å². The van der Waals surface area contributed by atoms with E-state index in [1.807, 2.05) is 0 Å². The molecule has 1 aromatic carbocycles. The summed E-state index contributed by atoms with van der Waals surface area (Å²) in [5, 5.41) is 3.68. The minimum Gasteiger partial charge on any atom is -0.301 e. The van der Waals surface area contributed by atoms with Crippen LogP contribution in [0.2, 0.25) is 0 Å². The predicted octanol–water partition coefficient (Wildman–Crippen LogP) is 3.56. The highest BCUT2D eigenvalue weighted by Gasteiger charge is 2.20. The van der Waals surface area contributed by atoms with E-state index < -0.39 is 0 Å². The summed E-state index contributed by atoms with van der Waals surface area (Å²) in [6.07, 6.45) is 0.980. The zero-order valence-corrected chi connectivity index (χ0v) is 15.1. The van der Waals surface area contributed by atoms with Crippen molar-refractivity contribution in [2.75, 3.05) is 24.2 Å². The molecular formula is C17H21N3OS2. The molecule has 1 aromatic heterocycles. The number of rotatable bonds is 5. The Bertz CT molecular complexity index is 682. The van der Waals surface area contributed by atoms with E-state index in [4.69, 9.17) is 0 Å². The zero-order chi connectivity index (χ0) is 16.2. The van der Waals surface area contributed by atoms with E-state index in [0.29, 0.717) is 5.75 Å². The summed E-state index contributed by atoms with van der Waals surface area (Å²) < 4.78 is 0. The zero-order valence-electron chi connectivity index (χ0n) is 13.5. The smallest absolute Gasteiger partial charge is 0.236 e. The molecule has 0 atom stereocenters. The van der Waals surface area contributed by atoms with Gasteiger partial charge in [-0.25, -0.2) is 4.98 Å². The van der Waals surface area contributed by atoms with E-state index in [9.17, 15) is 4.79 Å². The summed E-state index contributed by atoms with van der Waals surface area (Å²) in [7, 11) is 0. The van der Waals surface area contributed by atoms with Gasteiger partial charge in [0.25, 0.3) is 0 Å². The van der Waals surface area contributed by atoms with Crippen LogP contribution in [0.15, 0.2) is 29.2 Å². The number of aromatic nitrogens is 1. The molecule has 3 rings (SSSR count). The van der Waals surface area contributed by atoms with Crippen molar-refractivity contribution < 1.29 is 4.79 Å². The summed E-state index contributed by atoms with van der Waals surface area (Å²) >= 11 is 3.16. The van der Waals surface area contributed by atoms with Crippen LogP contribution in [0.25, 0.3) is 0 Å². The van der Waals surface area contributed by atoms with Crippen molar-refractivity contribution in [1.29, 1.82) is 0 Å². The van der Waals surface area contributed by atoms with E-state index in [-0.39, 0.29) is 5.91 Å². The van der Waals surface area contributed by atoms with Gasteiger partial charge in [-0.2, -0.15) is 0 Å². The number of hydrogen-bond acceptors (Lipinski definition) is 5. The quantitative estimate of drug-likeness (QED) is 0.840. The van der Waals surface area contributed by atoms with Gasteiger partial charge in [-0.05, 0) is 25.6 Å². The highest BCUT2D eigenvalue weighted by Crippen LogP contribution is 2.28. The van der Waals surface area contributed by atoms with Gasteiger partial charge in [0.1, 0.15) is 0 Å². The molecule has 1 amide bonds. The fraction of sp³-hybridized carbons (Fsp3) is 0.412. The maximum absolute atomic E-state index is 12.1. The van der Waals surface area contributed by atoms with Gasteiger partial charge >= 0.3 is 0 Å². The molecule has 0 fully saturated rings. The topological polar surface area (TPSA) is 45.2 Å². The molecule has 23 heavy (non-hydrogen) atoms. The van der Waals surface area contributed by atoms with Crippen molar-refractivity contribution in [3.8, 4) is 0 Å². The van der Waals surface area contributed by atoms with Crippen molar-refractivity contribution in [2.24, 2.45) is 0 Å². The largest absolute Gasteiger partial charge is 0.301 e. The Labute approximate surface area is 145 Å². The van der Waals surface area contributed by atoms with Gasteiger partial charge in [0.05, 0.1) is 11.4 Å². The monoisotopic (exact) mass is 347 g/mol. The maximum Gasteiger partial charge on any atom is 0.236 e. The van der Waals surface area contributed by atoms with Crippen LogP contribution in [-0.4, -0.2) is 34.6 Å². The molecule has 6 heteroatoms. The standard InChI is InChI=1S/C17H21N3OS2/c1-3-20-9-8-14-15(10-20)23-17(18-14)19-16(21)11-22-13-6-4-12(2)5-7-13/h4-7H,3,8-11H2,1-2H3,(H,18,19,21). The number of thiazole rings is 1. The number of nitrogens with zero attached hydrogens (tertiary/aromatic N) is 2. The lowest BCUT2D eigenvalue weighted by molar-refractivity contribution is -0.113. The second-order valence-corrected chi connectivity index (χ2v) is 7.79. The fourth-order valence-electron chi connectivity index (χ4n) is 2.51. The molecule has 122 valence electrons. The lowest BCUT2D eigenvalue weighted by Gasteiger charge is -2.23. The fourth-order valence-corrected chi connectivity index (χ4v) is 4.28. The normalized spacial score (nSPS) is 14.5. The van der Waals surface area contributed by atoms with E-state index in [1.165, 1.54) is 10.4 Å². The van der Waals surface area contributed by atoms with Gasteiger partial charge < -0.3 is 5.32 Å². The number of thioether (sulfide) groups is 1. The Morgan fingerprint density at radius 2 is 2.17 bits per heavy atom. The van der Waals surface area contributed by atoms with Gasteiger partial charge in [0.2, 0.25) is 5.91 Å². The number of amides is 1. The maximum atomic E-state index is 12.1. The average Bonchev–Trinajstić information content (AvgIpc) is 2.95. The minimum absolute atomic E-state index is 0.00835. The molecule has 2 aromatic rings. The molecule has 1 N–H and O–H groups in total. The van der Waals surface area contributed by atoms with Crippen LogP contribution < -0.4 is 5.32 Å².